The highest BCUT2D eigenvalue weighted by atomic mass is 16.1. The first kappa shape index (κ1) is 13.6. The van der Waals surface area contributed by atoms with Gasteiger partial charge in [0.1, 0.15) is 6.33 Å². The lowest BCUT2D eigenvalue weighted by Gasteiger charge is -2.07. The van der Waals surface area contributed by atoms with Gasteiger partial charge in [0.25, 0.3) is 0 Å². The van der Waals surface area contributed by atoms with Gasteiger partial charge in [-0.3, -0.25) is 9.48 Å². The number of nitrogens with two attached hydrogens (primary N) is 1. The monoisotopic (exact) mass is 239 g/mol. The number of carbonyl (C=O) groups excluding carboxylic acids is 1. The first-order valence-corrected chi connectivity index (χ1v) is 5.93. The molecule has 0 radical (unpaired) electrons. The van der Waals surface area contributed by atoms with Gasteiger partial charge in [0, 0.05) is 26.4 Å². The van der Waals surface area contributed by atoms with Crippen LogP contribution in [0.15, 0.2) is 6.33 Å². The Balaban J connectivity index is 2.12. The fraction of sp³-hybridized carbons (Fsp3) is 0.727. The molecule has 3 N–H and O–H groups in total. The molecule has 1 atom stereocenters. The second-order valence-electron chi connectivity index (χ2n) is 4.31. The molecule has 0 fully saturated rings. The molecular weight excluding hydrogens is 218 g/mol. The van der Waals surface area contributed by atoms with E-state index in [-0.39, 0.29) is 5.91 Å². The fourth-order valence-electron chi connectivity index (χ4n) is 1.40. The highest BCUT2D eigenvalue weighted by Crippen LogP contribution is 2.02. The van der Waals surface area contributed by atoms with Crippen molar-refractivity contribution in [3.63, 3.8) is 0 Å². The van der Waals surface area contributed by atoms with Gasteiger partial charge in [0.05, 0.1) is 0 Å². The van der Waals surface area contributed by atoms with E-state index in [0.717, 1.165) is 12.2 Å². The minimum Gasteiger partial charge on any atom is -0.356 e. The van der Waals surface area contributed by atoms with Crippen molar-refractivity contribution in [1.82, 2.24) is 20.1 Å². The predicted octanol–water partition coefficient (Wildman–Crippen LogP) is -0.151. The average Bonchev–Trinajstić information content (AvgIpc) is 2.72. The zero-order chi connectivity index (χ0) is 12.7. The molecule has 0 saturated heterocycles. The summed E-state index contributed by atoms with van der Waals surface area (Å²) in [4.78, 5) is 15.5. The Morgan fingerprint density at radius 1 is 1.65 bits per heavy atom. The molecule has 0 aliphatic carbocycles. The number of amides is 1. The van der Waals surface area contributed by atoms with Crippen LogP contribution in [0.3, 0.4) is 0 Å². The van der Waals surface area contributed by atoms with Crippen LogP contribution in [-0.2, 0) is 18.3 Å². The summed E-state index contributed by atoms with van der Waals surface area (Å²) in [6.07, 6.45) is 3.69. The van der Waals surface area contributed by atoms with E-state index < -0.39 is 0 Å². The van der Waals surface area contributed by atoms with E-state index in [1.807, 2.05) is 14.0 Å². The van der Waals surface area contributed by atoms with Gasteiger partial charge in [0.2, 0.25) is 5.91 Å². The van der Waals surface area contributed by atoms with E-state index in [2.05, 4.69) is 15.4 Å². The van der Waals surface area contributed by atoms with Crippen molar-refractivity contribution in [2.24, 2.45) is 18.7 Å². The molecule has 0 aliphatic heterocycles. The minimum absolute atomic E-state index is 0.0706. The van der Waals surface area contributed by atoms with Gasteiger partial charge in [0.15, 0.2) is 5.82 Å². The Morgan fingerprint density at radius 3 is 3.00 bits per heavy atom. The first-order valence-electron chi connectivity index (χ1n) is 5.93. The maximum atomic E-state index is 11.5. The summed E-state index contributed by atoms with van der Waals surface area (Å²) in [6, 6.07) is 0. The van der Waals surface area contributed by atoms with Crippen LogP contribution < -0.4 is 11.1 Å². The largest absolute Gasteiger partial charge is 0.356 e. The minimum atomic E-state index is 0.0706. The fourth-order valence-corrected chi connectivity index (χ4v) is 1.40. The third-order valence-electron chi connectivity index (χ3n) is 2.58. The molecule has 1 aromatic rings. The third kappa shape index (κ3) is 5.44. The van der Waals surface area contributed by atoms with Gasteiger partial charge >= 0.3 is 0 Å². The van der Waals surface area contributed by atoms with E-state index in [9.17, 15) is 4.79 Å². The first-order chi connectivity index (χ1) is 8.11. The van der Waals surface area contributed by atoms with Crippen molar-refractivity contribution >= 4 is 5.91 Å². The van der Waals surface area contributed by atoms with Crippen molar-refractivity contribution in [2.75, 3.05) is 13.1 Å². The zero-order valence-corrected chi connectivity index (χ0v) is 10.5. The summed E-state index contributed by atoms with van der Waals surface area (Å²) in [5.74, 6) is 1.22. The number of nitrogens with zero attached hydrogens (tertiary/aromatic N) is 3. The average molecular weight is 239 g/mol. The molecule has 1 unspecified atom stereocenters. The summed E-state index contributed by atoms with van der Waals surface area (Å²) >= 11 is 0. The molecule has 0 aromatic carbocycles. The van der Waals surface area contributed by atoms with Crippen molar-refractivity contribution < 1.29 is 4.79 Å². The molecule has 1 heterocycles. The molecule has 1 rings (SSSR count). The number of nitrogens with one attached hydrogen (secondary N) is 1. The quantitative estimate of drug-likeness (QED) is 0.693. The zero-order valence-electron chi connectivity index (χ0n) is 10.5. The Labute approximate surface area is 102 Å². The molecule has 1 aromatic heterocycles. The number of hydrogen-bond acceptors (Lipinski definition) is 4. The van der Waals surface area contributed by atoms with Crippen molar-refractivity contribution in [2.45, 2.75) is 26.2 Å². The van der Waals surface area contributed by atoms with Crippen LogP contribution in [0.5, 0.6) is 0 Å². The number of rotatable bonds is 7. The van der Waals surface area contributed by atoms with Crippen molar-refractivity contribution in [3.8, 4) is 0 Å². The molecule has 0 bridgehead atoms. The van der Waals surface area contributed by atoms with Crippen molar-refractivity contribution in [3.05, 3.63) is 12.2 Å². The second kappa shape index (κ2) is 7.01. The Kier molecular flexibility index (Phi) is 5.62. The normalized spacial score (nSPS) is 12.4. The van der Waals surface area contributed by atoms with Crippen LogP contribution >= 0.6 is 0 Å². The molecule has 6 nitrogen and oxygen atoms in total. The molecule has 0 aliphatic rings. The Morgan fingerprint density at radius 2 is 2.41 bits per heavy atom. The topological polar surface area (TPSA) is 85.8 Å². The standard InChI is InChI=1S/C11H21N5O/c1-9(7-12)3-4-11(17)13-6-5-10-14-8-16(2)15-10/h8-9H,3-7,12H2,1-2H3,(H,13,17). The highest BCUT2D eigenvalue weighted by Gasteiger charge is 2.05. The van der Waals surface area contributed by atoms with Crippen LogP contribution in [0.2, 0.25) is 0 Å². The number of hydrogen-bond donors (Lipinski definition) is 2. The molecule has 0 saturated carbocycles. The number of aromatic nitrogens is 3. The molecule has 0 spiro atoms. The van der Waals surface area contributed by atoms with Crippen LogP contribution in [-0.4, -0.2) is 33.8 Å². The lowest BCUT2D eigenvalue weighted by atomic mass is 10.1. The van der Waals surface area contributed by atoms with Gasteiger partial charge < -0.3 is 11.1 Å². The Bertz CT molecular complexity index is 349. The number of aryl methyl sites for hydroxylation is 1. The van der Waals surface area contributed by atoms with E-state index in [4.69, 9.17) is 5.73 Å². The predicted molar refractivity (Wildman–Crippen MR) is 65.2 cm³/mol. The summed E-state index contributed by atoms with van der Waals surface area (Å²) in [5, 5.41) is 6.98. The van der Waals surface area contributed by atoms with Crippen molar-refractivity contribution in [1.29, 1.82) is 0 Å². The SMILES string of the molecule is CC(CN)CCC(=O)NCCc1ncn(C)n1. The second-order valence-corrected chi connectivity index (χ2v) is 4.31. The lowest BCUT2D eigenvalue weighted by molar-refractivity contribution is -0.121. The molecule has 6 heteroatoms. The summed E-state index contributed by atoms with van der Waals surface area (Å²) in [5.41, 5.74) is 5.49. The smallest absolute Gasteiger partial charge is 0.220 e. The maximum absolute atomic E-state index is 11.5. The van der Waals surface area contributed by atoms with Gasteiger partial charge in [-0.05, 0) is 18.9 Å². The summed E-state index contributed by atoms with van der Waals surface area (Å²) in [6.45, 7) is 3.26. The van der Waals surface area contributed by atoms with Crippen LogP contribution in [0.1, 0.15) is 25.6 Å². The summed E-state index contributed by atoms with van der Waals surface area (Å²) in [7, 11) is 1.82. The van der Waals surface area contributed by atoms with Gasteiger partial charge in [-0.1, -0.05) is 6.92 Å². The molecule has 96 valence electrons. The van der Waals surface area contributed by atoms with Crippen LogP contribution in [0.25, 0.3) is 0 Å². The third-order valence-corrected chi connectivity index (χ3v) is 2.58. The van der Waals surface area contributed by atoms with Gasteiger partial charge in [-0.2, -0.15) is 5.10 Å². The molecule has 1 amide bonds. The van der Waals surface area contributed by atoms with E-state index in [1.165, 1.54) is 0 Å². The van der Waals surface area contributed by atoms with Crippen LogP contribution in [0, 0.1) is 5.92 Å². The lowest BCUT2D eigenvalue weighted by Crippen LogP contribution is -2.26. The maximum Gasteiger partial charge on any atom is 0.220 e. The van der Waals surface area contributed by atoms with E-state index in [0.29, 0.717) is 31.8 Å². The van der Waals surface area contributed by atoms with E-state index in [1.54, 1.807) is 11.0 Å². The molecule has 17 heavy (non-hydrogen) atoms. The molecular formula is C11H21N5O. The van der Waals surface area contributed by atoms with Gasteiger partial charge in [-0.15, -0.1) is 0 Å². The highest BCUT2D eigenvalue weighted by molar-refractivity contribution is 5.75. The Hall–Kier alpha value is -1.43. The number of carbonyl (C=O) groups is 1. The summed E-state index contributed by atoms with van der Waals surface area (Å²) < 4.78 is 1.65. The van der Waals surface area contributed by atoms with Crippen LogP contribution in [0.4, 0.5) is 0 Å². The van der Waals surface area contributed by atoms with E-state index >= 15 is 0 Å². The van der Waals surface area contributed by atoms with Gasteiger partial charge in [-0.25, -0.2) is 4.98 Å².